The molecule has 0 aliphatic carbocycles. The second-order valence-corrected chi connectivity index (χ2v) is 7.66. The van der Waals surface area contributed by atoms with Crippen LogP contribution in [-0.2, 0) is 4.79 Å². The van der Waals surface area contributed by atoms with Crippen LogP contribution in [-0.4, -0.2) is 18.3 Å². The Bertz CT molecular complexity index is 1250. The molecule has 0 bridgehead atoms. The van der Waals surface area contributed by atoms with E-state index in [0.717, 1.165) is 16.7 Å². The molecule has 0 aliphatic rings. The van der Waals surface area contributed by atoms with Gasteiger partial charge in [0.2, 0.25) is 5.78 Å². The average Bonchev–Trinajstić information content (AvgIpc) is 3.10. The van der Waals surface area contributed by atoms with Crippen LogP contribution >= 0.6 is 0 Å². The quantitative estimate of drug-likeness (QED) is 0.417. The Labute approximate surface area is 180 Å². The number of carbonyl (C=O) groups is 2. The van der Waals surface area contributed by atoms with Gasteiger partial charge in [0.15, 0.2) is 12.4 Å². The summed E-state index contributed by atoms with van der Waals surface area (Å²) in [6.07, 6.45) is 0. The van der Waals surface area contributed by atoms with Gasteiger partial charge < -0.3 is 14.5 Å². The van der Waals surface area contributed by atoms with Crippen LogP contribution in [0.25, 0.3) is 11.0 Å². The van der Waals surface area contributed by atoms with Crippen molar-refractivity contribution in [3.63, 3.8) is 0 Å². The summed E-state index contributed by atoms with van der Waals surface area (Å²) < 4.78 is 11.5. The first-order valence-electron chi connectivity index (χ1n) is 10.0. The van der Waals surface area contributed by atoms with Gasteiger partial charge in [-0.25, -0.2) is 0 Å². The summed E-state index contributed by atoms with van der Waals surface area (Å²) in [7, 11) is 0. The molecule has 1 amide bonds. The van der Waals surface area contributed by atoms with Crippen LogP contribution in [0.5, 0.6) is 5.75 Å². The van der Waals surface area contributed by atoms with Gasteiger partial charge in [-0.15, -0.1) is 0 Å². The maximum Gasteiger partial charge on any atom is 0.262 e. The predicted molar refractivity (Wildman–Crippen MR) is 121 cm³/mol. The summed E-state index contributed by atoms with van der Waals surface area (Å²) in [5, 5.41) is 3.48. The fourth-order valence-corrected chi connectivity index (χ4v) is 3.51. The molecule has 0 saturated carbocycles. The van der Waals surface area contributed by atoms with Crippen molar-refractivity contribution in [1.82, 2.24) is 0 Å². The fourth-order valence-electron chi connectivity index (χ4n) is 3.51. The molecule has 156 valence electrons. The first-order chi connectivity index (χ1) is 14.9. The van der Waals surface area contributed by atoms with Crippen molar-refractivity contribution >= 4 is 28.3 Å². The number of hydrogen-bond acceptors (Lipinski definition) is 4. The minimum atomic E-state index is -0.372. The number of nitrogens with one attached hydrogen (secondary N) is 1. The number of benzene rings is 3. The molecule has 0 atom stereocenters. The standard InChI is InChI=1S/C26H23NO4/c1-16-8-10-19(11-9-16)25(29)26-24(21-6-4-5-7-22(21)31-26)27-23(28)15-30-20-13-17(2)12-18(3)14-20/h4-14H,15H2,1-3H3,(H,27,28). The maximum absolute atomic E-state index is 13.1. The number of ketones is 1. The lowest BCUT2D eigenvalue weighted by atomic mass is 10.1. The topological polar surface area (TPSA) is 68.5 Å². The number of fused-ring (bicyclic) bond motifs is 1. The lowest BCUT2D eigenvalue weighted by Crippen LogP contribution is -2.21. The van der Waals surface area contributed by atoms with Crippen molar-refractivity contribution in [3.8, 4) is 5.75 Å². The van der Waals surface area contributed by atoms with E-state index in [1.54, 1.807) is 18.2 Å². The van der Waals surface area contributed by atoms with Crippen LogP contribution in [0, 0.1) is 20.8 Å². The first-order valence-corrected chi connectivity index (χ1v) is 10.0. The summed E-state index contributed by atoms with van der Waals surface area (Å²) in [6.45, 7) is 5.72. The monoisotopic (exact) mass is 413 g/mol. The molecule has 1 aromatic heterocycles. The van der Waals surface area contributed by atoms with Crippen LogP contribution in [0.2, 0.25) is 0 Å². The summed E-state index contributed by atoms with van der Waals surface area (Å²) in [6, 6.07) is 20.2. The smallest absolute Gasteiger partial charge is 0.262 e. The number of para-hydroxylation sites is 1. The van der Waals surface area contributed by atoms with E-state index in [4.69, 9.17) is 9.15 Å². The average molecular weight is 413 g/mol. The van der Waals surface area contributed by atoms with E-state index in [9.17, 15) is 9.59 Å². The minimum absolute atomic E-state index is 0.102. The van der Waals surface area contributed by atoms with Gasteiger partial charge in [-0.05, 0) is 56.2 Å². The highest BCUT2D eigenvalue weighted by Gasteiger charge is 2.23. The first kappa shape index (κ1) is 20.4. The predicted octanol–water partition coefficient (Wildman–Crippen LogP) is 5.61. The molecular formula is C26H23NO4. The van der Waals surface area contributed by atoms with E-state index in [1.165, 1.54) is 0 Å². The van der Waals surface area contributed by atoms with Crippen molar-refractivity contribution in [1.29, 1.82) is 0 Å². The molecule has 0 fully saturated rings. The molecule has 3 aromatic carbocycles. The number of carbonyl (C=O) groups excluding carboxylic acids is 2. The highest BCUT2D eigenvalue weighted by Crippen LogP contribution is 2.32. The number of hydrogen-bond donors (Lipinski definition) is 1. The molecule has 31 heavy (non-hydrogen) atoms. The minimum Gasteiger partial charge on any atom is -0.484 e. The number of rotatable bonds is 6. The van der Waals surface area contributed by atoms with Gasteiger partial charge in [-0.2, -0.15) is 0 Å². The Hall–Kier alpha value is -3.86. The Balaban J connectivity index is 1.60. The van der Waals surface area contributed by atoms with Gasteiger partial charge in [0.05, 0.1) is 5.69 Å². The van der Waals surface area contributed by atoms with E-state index < -0.39 is 0 Å². The van der Waals surface area contributed by atoms with Crippen LogP contribution in [0.4, 0.5) is 5.69 Å². The molecule has 0 aliphatic heterocycles. The maximum atomic E-state index is 13.1. The molecule has 0 unspecified atom stereocenters. The summed E-state index contributed by atoms with van der Waals surface area (Å²) in [5.74, 6) is 0.0656. The second-order valence-electron chi connectivity index (χ2n) is 7.66. The molecule has 5 nitrogen and oxygen atoms in total. The third kappa shape index (κ3) is 4.51. The Morgan fingerprint density at radius 1 is 0.871 bits per heavy atom. The number of aryl methyl sites for hydroxylation is 3. The van der Waals surface area contributed by atoms with Crippen LogP contribution < -0.4 is 10.1 Å². The van der Waals surface area contributed by atoms with Crippen molar-refractivity contribution < 1.29 is 18.7 Å². The van der Waals surface area contributed by atoms with Crippen molar-refractivity contribution in [2.75, 3.05) is 11.9 Å². The summed E-state index contributed by atoms with van der Waals surface area (Å²) in [4.78, 5) is 25.8. The van der Waals surface area contributed by atoms with E-state index in [-0.39, 0.29) is 24.1 Å². The molecule has 1 N–H and O–H groups in total. The zero-order valence-electron chi connectivity index (χ0n) is 17.7. The van der Waals surface area contributed by atoms with Crippen LogP contribution in [0.15, 0.2) is 71.1 Å². The van der Waals surface area contributed by atoms with Gasteiger partial charge in [0, 0.05) is 10.9 Å². The molecular weight excluding hydrogens is 390 g/mol. The Morgan fingerprint density at radius 2 is 1.55 bits per heavy atom. The molecule has 4 rings (SSSR count). The van der Waals surface area contributed by atoms with Gasteiger partial charge in [0.1, 0.15) is 11.3 Å². The third-order valence-corrected chi connectivity index (χ3v) is 4.95. The third-order valence-electron chi connectivity index (χ3n) is 4.95. The zero-order chi connectivity index (χ0) is 22.0. The molecule has 0 spiro atoms. The highest BCUT2D eigenvalue weighted by molar-refractivity contribution is 6.17. The lowest BCUT2D eigenvalue weighted by molar-refractivity contribution is -0.118. The van der Waals surface area contributed by atoms with Gasteiger partial charge >= 0.3 is 0 Å². The second kappa shape index (κ2) is 8.48. The number of anilines is 1. The van der Waals surface area contributed by atoms with Crippen LogP contribution in [0.1, 0.15) is 32.8 Å². The normalized spacial score (nSPS) is 10.8. The van der Waals surface area contributed by atoms with Gasteiger partial charge in [0.25, 0.3) is 5.91 Å². The highest BCUT2D eigenvalue weighted by atomic mass is 16.5. The van der Waals surface area contributed by atoms with Crippen molar-refractivity contribution in [3.05, 3.63) is 94.7 Å². The van der Waals surface area contributed by atoms with Gasteiger partial charge in [-0.1, -0.05) is 48.0 Å². The van der Waals surface area contributed by atoms with Gasteiger partial charge in [-0.3, -0.25) is 9.59 Å². The van der Waals surface area contributed by atoms with Crippen molar-refractivity contribution in [2.45, 2.75) is 20.8 Å². The lowest BCUT2D eigenvalue weighted by Gasteiger charge is -2.09. The van der Waals surface area contributed by atoms with Crippen LogP contribution in [0.3, 0.4) is 0 Å². The molecule has 1 heterocycles. The summed E-state index contributed by atoms with van der Waals surface area (Å²) >= 11 is 0. The van der Waals surface area contributed by atoms with E-state index in [1.807, 2.05) is 69.3 Å². The number of amides is 1. The molecule has 0 saturated heterocycles. The molecule has 4 aromatic rings. The summed E-state index contributed by atoms with van der Waals surface area (Å²) in [5.41, 5.74) is 4.55. The zero-order valence-corrected chi connectivity index (χ0v) is 17.7. The largest absolute Gasteiger partial charge is 0.484 e. The SMILES string of the molecule is Cc1ccc(C(=O)c2oc3ccccc3c2NC(=O)COc2cc(C)cc(C)c2)cc1. The number of furan rings is 1. The van der Waals surface area contributed by atoms with E-state index in [2.05, 4.69) is 5.32 Å². The van der Waals surface area contributed by atoms with Crippen molar-refractivity contribution in [2.24, 2.45) is 0 Å². The molecule has 5 heteroatoms. The molecule has 0 radical (unpaired) electrons. The Kier molecular flexibility index (Phi) is 5.58. The van der Waals surface area contributed by atoms with E-state index in [0.29, 0.717) is 28.0 Å². The fraction of sp³-hybridized carbons (Fsp3) is 0.154. The number of ether oxygens (including phenoxy) is 1. The Morgan fingerprint density at radius 3 is 2.26 bits per heavy atom. The van der Waals surface area contributed by atoms with E-state index >= 15 is 0 Å².